The number of anilines is 1. The lowest BCUT2D eigenvalue weighted by Crippen LogP contribution is -2.52. The minimum Gasteiger partial charge on any atom is -0.423 e. The van der Waals surface area contributed by atoms with Crippen molar-refractivity contribution in [2.75, 3.05) is 31.1 Å². The van der Waals surface area contributed by atoms with E-state index in [1.807, 2.05) is 30.9 Å². The van der Waals surface area contributed by atoms with Gasteiger partial charge in [-0.15, -0.1) is 0 Å². The summed E-state index contributed by atoms with van der Waals surface area (Å²) in [4.78, 5) is 25.1. The van der Waals surface area contributed by atoms with Crippen molar-refractivity contribution in [1.82, 2.24) is 14.9 Å². The molecule has 0 atom stereocenters. The first kappa shape index (κ1) is 16.5. The number of aromatic nitrogens is 2. The SMILES string of the molecule is CCC(C)(C)C(=O)N1CCN(c2ncc(-c3cccnc3)o2)CC1. The number of oxazole rings is 1. The Balaban J connectivity index is 1.63. The third-order valence-electron chi connectivity index (χ3n) is 4.74. The fraction of sp³-hybridized carbons (Fsp3) is 0.500. The van der Waals surface area contributed by atoms with E-state index < -0.39 is 0 Å². The predicted molar refractivity (Wildman–Crippen MR) is 92.6 cm³/mol. The highest BCUT2D eigenvalue weighted by atomic mass is 16.4. The fourth-order valence-corrected chi connectivity index (χ4v) is 2.73. The molecule has 0 bridgehead atoms. The average Bonchev–Trinajstić information content (AvgIpc) is 3.12. The highest BCUT2D eigenvalue weighted by Crippen LogP contribution is 2.26. The first-order chi connectivity index (χ1) is 11.5. The number of piperazine rings is 1. The molecule has 24 heavy (non-hydrogen) atoms. The summed E-state index contributed by atoms with van der Waals surface area (Å²) >= 11 is 0. The second kappa shape index (κ2) is 6.63. The van der Waals surface area contributed by atoms with Gasteiger partial charge in [-0.05, 0) is 18.6 Å². The molecule has 128 valence electrons. The molecule has 6 nitrogen and oxygen atoms in total. The van der Waals surface area contributed by atoms with Gasteiger partial charge in [0.15, 0.2) is 5.76 Å². The van der Waals surface area contributed by atoms with Crippen LogP contribution in [-0.4, -0.2) is 47.0 Å². The van der Waals surface area contributed by atoms with Gasteiger partial charge in [-0.1, -0.05) is 20.8 Å². The number of amides is 1. The van der Waals surface area contributed by atoms with Crippen molar-refractivity contribution in [2.45, 2.75) is 27.2 Å². The number of carbonyl (C=O) groups excluding carboxylic acids is 1. The fourth-order valence-electron chi connectivity index (χ4n) is 2.73. The van der Waals surface area contributed by atoms with Gasteiger partial charge in [0.2, 0.25) is 5.91 Å². The Morgan fingerprint density at radius 1 is 1.25 bits per heavy atom. The Bertz CT molecular complexity index is 688. The highest BCUT2D eigenvalue weighted by molar-refractivity contribution is 5.82. The van der Waals surface area contributed by atoms with Crippen molar-refractivity contribution in [3.05, 3.63) is 30.7 Å². The van der Waals surface area contributed by atoms with Crippen molar-refractivity contribution in [1.29, 1.82) is 0 Å². The van der Waals surface area contributed by atoms with E-state index in [0.717, 1.165) is 25.1 Å². The lowest BCUT2D eigenvalue weighted by molar-refractivity contribution is -0.140. The highest BCUT2D eigenvalue weighted by Gasteiger charge is 2.32. The number of carbonyl (C=O) groups is 1. The third-order valence-corrected chi connectivity index (χ3v) is 4.74. The summed E-state index contributed by atoms with van der Waals surface area (Å²) in [6, 6.07) is 4.42. The number of pyridine rings is 1. The molecule has 1 saturated heterocycles. The van der Waals surface area contributed by atoms with E-state index in [0.29, 0.717) is 24.9 Å². The standard InChI is InChI=1S/C18H24N4O2/c1-4-18(2,3)16(23)21-8-10-22(11-9-21)17-20-13-15(24-17)14-6-5-7-19-12-14/h5-7,12-13H,4,8-11H2,1-3H3. The topological polar surface area (TPSA) is 62.5 Å². The van der Waals surface area contributed by atoms with Gasteiger partial charge >= 0.3 is 0 Å². The maximum Gasteiger partial charge on any atom is 0.297 e. The summed E-state index contributed by atoms with van der Waals surface area (Å²) in [7, 11) is 0. The Morgan fingerprint density at radius 3 is 2.62 bits per heavy atom. The molecule has 2 aromatic rings. The van der Waals surface area contributed by atoms with Crippen LogP contribution in [0.1, 0.15) is 27.2 Å². The zero-order valence-corrected chi connectivity index (χ0v) is 14.5. The summed E-state index contributed by atoms with van der Waals surface area (Å²) in [5.74, 6) is 0.942. The van der Waals surface area contributed by atoms with Crippen LogP contribution in [0.5, 0.6) is 0 Å². The van der Waals surface area contributed by atoms with Crippen LogP contribution in [0.15, 0.2) is 35.1 Å². The summed E-state index contributed by atoms with van der Waals surface area (Å²) < 4.78 is 5.86. The molecule has 0 spiro atoms. The van der Waals surface area contributed by atoms with Crippen LogP contribution in [0.25, 0.3) is 11.3 Å². The number of nitrogens with zero attached hydrogens (tertiary/aromatic N) is 4. The molecule has 2 aromatic heterocycles. The number of hydrogen-bond donors (Lipinski definition) is 0. The van der Waals surface area contributed by atoms with Gasteiger partial charge < -0.3 is 14.2 Å². The molecule has 0 unspecified atom stereocenters. The lowest BCUT2D eigenvalue weighted by Gasteiger charge is -2.37. The molecule has 0 aromatic carbocycles. The molecule has 6 heteroatoms. The Morgan fingerprint density at radius 2 is 2.00 bits per heavy atom. The van der Waals surface area contributed by atoms with Gasteiger partial charge in [-0.2, -0.15) is 0 Å². The van der Waals surface area contributed by atoms with E-state index >= 15 is 0 Å². The summed E-state index contributed by atoms with van der Waals surface area (Å²) in [5.41, 5.74) is 0.619. The largest absolute Gasteiger partial charge is 0.423 e. The van der Waals surface area contributed by atoms with Crippen LogP contribution in [0, 0.1) is 5.41 Å². The van der Waals surface area contributed by atoms with E-state index in [1.54, 1.807) is 18.6 Å². The molecule has 0 aliphatic carbocycles. The summed E-state index contributed by atoms with van der Waals surface area (Å²) in [6.45, 7) is 8.95. The zero-order valence-electron chi connectivity index (χ0n) is 14.5. The first-order valence-corrected chi connectivity index (χ1v) is 8.42. The van der Waals surface area contributed by atoms with E-state index in [2.05, 4.69) is 21.8 Å². The molecule has 1 aliphatic heterocycles. The van der Waals surface area contributed by atoms with E-state index in [9.17, 15) is 4.79 Å². The van der Waals surface area contributed by atoms with Gasteiger partial charge in [0.05, 0.1) is 6.20 Å². The molecule has 1 aliphatic rings. The molecule has 0 saturated carbocycles. The maximum absolute atomic E-state index is 12.5. The van der Waals surface area contributed by atoms with Crippen molar-refractivity contribution in [3.63, 3.8) is 0 Å². The molecule has 1 fully saturated rings. The second-order valence-corrected chi connectivity index (χ2v) is 6.77. The molecular weight excluding hydrogens is 304 g/mol. The second-order valence-electron chi connectivity index (χ2n) is 6.77. The quantitative estimate of drug-likeness (QED) is 0.863. The van der Waals surface area contributed by atoms with E-state index in [4.69, 9.17) is 4.42 Å². The maximum atomic E-state index is 12.5. The smallest absolute Gasteiger partial charge is 0.297 e. The van der Waals surface area contributed by atoms with Crippen LogP contribution in [0.4, 0.5) is 6.01 Å². The molecule has 1 amide bonds. The van der Waals surface area contributed by atoms with Crippen LogP contribution in [0.2, 0.25) is 0 Å². The van der Waals surface area contributed by atoms with Crippen molar-refractivity contribution < 1.29 is 9.21 Å². The van der Waals surface area contributed by atoms with Crippen molar-refractivity contribution in [2.24, 2.45) is 5.41 Å². The van der Waals surface area contributed by atoms with Gasteiger partial charge in [0.25, 0.3) is 6.01 Å². The van der Waals surface area contributed by atoms with Crippen LogP contribution in [-0.2, 0) is 4.79 Å². The van der Waals surface area contributed by atoms with Gasteiger partial charge in [-0.25, -0.2) is 4.98 Å². The normalized spacial score (nSPS) is 15.6. The van der Waals surface area contributed by atoms with E-state index in [1.165, 1.54) is 0 Å². The number of rotatable bonds is 4. The number of hydrogen-bond acceptors (Lipinski definition) is 5. The van der Waals surface area contributed by atoms with Crippen LogP contribution in [0.3, 0.4) is 0 Å². The summed E-state index contributed by atoms with van der Waals surface area (Å²) in [6.07, 6.45) is 6.06. The minimum absolute atomic E-state index is 0.230. The molecule has 3 heterocycles. The lowest BCUT2D eigenvalue weighted by atomic mass is 9.88. The minimum atomic E-state index is -0.293. The predicted octanol–water partition coefficient (Wildman–Crippen LogP) is 2.82. The molecule has 0 N–H and O–H groups in total. The Kier molecular flexibility index (Phi) is 4.55. The monoisotopic (exact) mass is 328 g/mol. The average molecular weight is 328 g/mol. The third kappa shape index (κ3) is 3.27. The molecule has 3 rings (SSSR count). The zero-order chi connectivity index (χ0) is 17.2. The van der Waals surface area contributed by atoms with Gasteiger partial charge in [0.1, 0.15) is 0 Å². The van der Waals surface area contributed by atoms with Crippen LogP contribution < -0.4 is 4.90 Å². The van der Waals surface area contributed by atoms with Crippen molar-refractivity contribution in [3.8, 4) is 11.3 Å². The van der Waals surface area contributed by atoms with Crippen LogP contribution >= 0.6 is 0 Å². The van der Waals surface area contributed by atoms with Gasteiger partial charge in [0, 0.05) is 49.6 Å². The van der Waals surface area contributed by atoms with Gasteiger partial charge in [-0.3, -0.25) is 9.78 Å². The Hall–Kier alpha value is -2.37. The van der Waals surface area contributed by atoms with Crippen molar-refractivity contribution >= 4 is 11.9 Å². The first-order valence-electron chi connectivity index (χ1n) is 8.42. The van der Waals surface area contributed by atoms with E-state index in [-0.39, 0.29) is 11.3 Å². The molecule has 0 radical (unpaired) electrons. The summed E-state index contributed by atoms with van der Waals surface area (Å²) in [5, 5.41) is 0. The molecular formula is C18H24N4O2. The Labute approximate surface area is 142 Å².